The van der Waals surface area contributed by atoms with Crippen molar-refractivity contribution in [2.75, 3.05) is 13.1 Å². The highest BCUT2D eigenvalue weighted by atomic mass is 35.5. The highest BCUT2D eigenvalue weighted by Crippen LogP contribution is 2.25. The van der Waals surface area contributed by atoms with Crippen LogP contribution in [0, 0.1) is 11.2 Å². The van der Waals surface area contributed by atoms with E-state index in [1.54, 1.807) is 0 Å². The van der Waals surface area contributed by atoms with Gasteiger partial charge in [-0.3, -0.25) is 0 Å². The molecule has 0 aliphatic heterocycles. The van der Waals surface area contributed by atoms with Crippen LogP contribution in [0.4, 0.5) is 4.39 Å². The van der Waals surface area contributed by atoms with Crippen molar-refractivity contribution in [2.45, 2.75) is 39.1 Å². The van der Waals surface area contributed by atoms with Crippen molar-refractivity contribution in [3.05, 3.63) is 28.5 Å². The van der Waals surface area contributed by atoms with Crippen molar-refractivity contribution in [3.63, 3.8) is 0 Å². The molecule has 0 unspecified atom stereocenters. The molecule has 120 valence electrons. The Bertz CT molecular complexity index is 598. The molecule has 0 fully saturated rings. The van der Waals surface area contributed by atoms with Crippen molar-refractivity contribution < 1.29 is 12.8 Å². The molecule has 0 saturated carbocycles. The second kappa shape index (κ2) is 7.05. The SMILES string of the molecule is CCNCc1cc(S(=O)(=O)NCC(C)(C)C)cc(F)c1Cl. The lowest BCUT2D eigenvalue weighted by molar-refractivity contribution is 0.407. The minimum atomic E-state index is -3.76. The van der Waals surface area contributed by atoms with Crippen LogP contribution in [0.25, 0.3) is 0 Å². The minimum Gasteiger partial charge on any atom is -0.313 e. The molecular formula is C14H22ClFN2O2S. The van der Waals surface area contributed by atoms with Crippen LogP contribution >= 0.6 is 11.6 Å². The first kappa shape index (κ1) is 18.4. The number of hydrogen-bond donors (Lipinski definition) is 2. The van der Waals surface area contributed by atoms with Crippen LogP contribution in [0.15, 0.2) is 17.0 Å². The van der Waals surface area contributed by atoms with Gasteiger partial charge in [-0.25, -0.2) is 17.5 Å². The quantitative estimate of drug-likeness (QED) is 0.839. The Morgan fingerprint density at radius 3 is 2.43 bits per heavy atom. The molecule has 7 heteroatoms. The number of halogens is 2. The zero-order valence-electron chi connectivity index (χ0n) is 12.8. The molecule has 21 heavy (non-hydrogen) atoms. The number of rotatable bonds is 6. The van der Waals surface area contributed by atoms with Crippen LogP contribution in [-0.2, 0) is 16.6 Å². The van der Waals surface area contributed by atoms with Gasteiger partial charge in [0.15, 0.2) is 0 Å². The molecule has 0 aromatic heterocycles. The Balaban J connectivity index is 3.09. The summed E-state index contributed by atoms with van der Waals surface area (Å²) >= 11 is 5.87. The van der Waals surface area contributed by atoms with E-state index < -0.39 is 15.8 Å². The van der Waals surface area contributed by atoms with Crippen molar-refractivity contribution >= 4 is 21.6 Å². The van der Waals surface area contributed by atoms with Crippen molar-refractivity contribution in [1.29, 1.82) is 0 Å². The van der Waals surface area contributed by atoms with Crippen molar-refractivity contribution in [2.24, 2.45) is 5.41 Å². The number of nitrogens with one attached hydrogen (secondary N) is 2. The zero-order valence-corrected chi connectivity index (χ0v) is 14.3. The van der Waals surface area contributed by atoms with Gasteiger partial charge in [-0.2, -0.15) is 0 Å². The third-order valence-corrected chi connectivity index (χ3v) is 4.55. The maximum absolute atomic E-state index is 13.8. The molecule has 0 spiro atoms. The van der Waals surface area contributed by atoms with Crippen LogP contribution in [0.5, 0.6) is 0 Å². The van der Waals surface area contributed by atoms with E-state index in [4.69, 9.17) is 11.6 Å². The Labute approximate surface area is 131 Å². The van der Waals surface area contributed by atoms with E-state index in [2.05, 4.69) is 10.0 Å². The zero-order chi connectivity index (χ0) is 16.3. The predicted molar refractivity (Wildman–Crippen MR) is 83.4 cm³/mol. The summed E-state index contributed by atoms with van der Waals surface area (Å²) in [6, 6.07) is 2.35. The second-order valence-electron chi connectivity index (χ2n) is 6.04. The molecule has 0 bridgehead atoms. The first-order valence-corrected chi connectivity index (χ1v) is 8.61. The van der Waals surface area contributed by atoms with E-state index in [-0.39, 0.29) is 21.9 Å². The maximum Gasteiger partial charge on any atom is 0.240 e. The van der Waals surface area contributed by atoms with E-state index in [1.165, 1.54) is 6.07 Å². The third kappa shape index (κ3) is 5.54. The molecule has 0 aliphatic rings. The minimum absolute atomic E-state index is 0.0503. The monoisotopic (exact) mass is 336 g/mol. The van der Waals surface area contributed by atoms with Gasteiger partial charge in [0.2, 0.25) is 10.0 Å². The molecule has 1 rings (SSSR count). The average Bonchev–Trinajstić information content (AvgIpc) is 2.37. The first-order valence-electron chi connectivity index (χ1n) is 6.75. The molecule has 0 saturated heterocycles. The number of benzene rings is 1. The van der Waals surface area contributed by atoms with Crippen LogP contribution in [-0.4, -0.2) is 21.5 Å². The molecule has 0 heterocycles. The Morgan fingerprint density at radius 1 is 1.29 bits per heavy atom. The summed E-state index contributed by atoms with van der Waals surface area (Å²) in [6.07, 6.45) is 0. The van der Waals surface area contributed by atoms with E-state index in [1.807, 2.05) is 27.7 Å². The first-order chi connectivity index (χ1) is 9.57. The van der Waals surface area contributed by atoms with Gasteiger partial charge < -0.3 is 5.32 Å². The summed E-state index contributed by atoms with van der Waals surface area (Å²) < 4.78 is 40.8. The van der Waals surface area contributed by atoms with E-state index >= 15 is 0 Å². The normalized spacial score (nSPS) is 12.7. The second-order valence-corrected chi connectivity index (χ2v) is 8.19. The summed E-state index contributed by atoms with van der Waals surface area (Å²) in [5.41, 5.74) is 0.222. The molecule has 2 N–H and O–H groups in total. The summed E-state index contributed by atoms with van der Waals surface area (Å²) in [4.78, 5) is -0.110. The Hall–Kier alpha value is -0.690. The molecule has 1 aromatic rings. The van der Waals surface area contributed by atoms with Gasteiger partial charge in [0.1, 0.15) is 5.82 Å². The van der Waals surface area contributed by atoms with E-state index in [0.717, 1.165) is 6.07 Å². The van der Waals surface area contributed by atoms with Crippen LogP contribution < -0.4 is 10.0 Å². The third-order valence-electron chi connectivity index (χ3n) is 2.75. The van der Waals surface area contributed by atoms with Gasteiger partial charge in [-0.05, 0) is 29.7 Å². The summed E-state index contributed by atoms with van der Waals surface area (Å²) in [7, 11) is -3.76. The fourth-order valence-electron chi connectivity index (χ4n) is 1.56. The molecule has 0 radical (unpaired) electrons. The topological polar surface area (TPSA) is 58.2 Å². The Kier molecular flexibility index (Phi) is 6.16. The molecule has 0 amide bonds. The van der Waals surface area contributed by atoms with Crippen LogP contribution in [0.2, 0.25) is 5.02 Å². The summed E-state index contributed by atoms with van der Waals surface area (Å²) in [5.74, 6) is -0.733. The van der Waals surface area contributed by atoms with Gasteiger partial charge in [0.05, 0.1) is 9.92 Å². The molecule has 4 nitrogen and oxygen atoms in total. The van der Waals surface area contributed by atoms with E-state index in [9.17, 15) is 12.8 Å². The molecular weight excluding hydrogens is 315 g/mol. The lowest BCUT2D eigenvalue weighted by atomic mass is 9.98. The lowest BCUT2D eigenvalue weighted by Crippen LogP contribution is -2.32. The van der Waals surface area contributed by atoms with Gasteiger partial charge in [0, 0.05) is 13.1 Å². The largest absolute Gasteiger partial charge is 0.313 e. The van der Waals surface area contributed by atoms with E-state index in [0.29, 0.717) is 18.7 Å². The highest BCUT2D eigenvalue weighted by Gasteiger charge is 2.21. The number of sulfonamides is 1. The summed E-state index contributed by atoms with van der Waals surface area (Å²) in [6.45, 7) is 8.89. The van der Waals surface area contributed by atoms with Crippen molar-refractivity contribution in [1.82, 2.24) is 10.0 Å². The molecule has 0 atom stereocenters. The van der Waals surface area contributed by atoms with Gasteiger partial charge in [0.25, 0.3) is 0 Å². The molecule has 0 aliphatic carbocycles. The average molecular weight is 337 g/mol. The predicted octanol–water partition coefficient (Wildman–Crippen LogP) is 2.91. The maximum atomic E-state index is 13.8. The Morgan fingerprint density at radius 2 is 1.90 bits per heavy atom. The number of hydrogen-bond acceptors (Lipinski definition) is 3. The highest BCUT2D eigenvalue weighted by molar-refractivity contribution is 7.89. The lowest BCUT2D eigenvalue weighted by Gasteiger charge is -2.19. The smallest absolute Gasteiger partial charge is 0.240 e. The summed E-state index contributed by atoms with van der Waals surface area (Å²) in [5, 5.41) is 2.95. The van der Waals surface area contributed by atoms with Crippen LogP contribution in [0.1, 0.15) is 33.3 Å². The van der Waals surface area contributed by atoms with Gasteiger partial charge in [-0.15, -0.1) is 0 Å². The van der Waals surface area contributed by atoms with Crippen molar-refractivity contribution in [3.8, 4) is 0 Å². The van der Waals surface area contributed by atoms with Crippen LogP contribution in [0.3, 0.4) is 0 Å². The standard InChI is InChI=1S/C14H22ClFN2O2S/c1-5-17-8-10-6-11(7-12(16)13(10)15)21(19,20)18-9-14(2,3)4/h6-7,17-18H,5,8-9H2,1-4H3. The van der Waals surface area contributed by atoms with Gasteiger partial charge in [-0.1, -0.05) is 39.3 Å². The van der Waals surface area contributed by atoms with Gasteiger partial charge >= 0.3 is 0 Å². The molecule has 1 aromatic carbocycles. The fraction of sp³-hybridized carbons (Fsp3) is 0.571. The fourth-order valence-corrected chi connectivity index (χ4v) is 3.08.